The van der Waals surface area contributed by atoms with Gasteiger partial charge in [0, 0.05) is 10.6 Å². The Bertz CT molecular complexity index is 1300. The van der Waals surface area contributed by atoms with Crippen molar-refractivity contribution in [1.82, 2.24) is 0 Å². The highest BCUT2D eigenvalue weighted by molar-refractivity contribution is 7.99. The zero-order chi connectivity index (χ0) is 25.9. The molecule has 7 nitrogen and oxygen atoms in total. The van der Waals surface area contributed by atoms with Crippen molar-refractivity contribution in [3.05, 3.63) is 78.4 Å². The van der Waals surface area contributed by atoms with E-state index in [0.717, 1.165) is 0 Å². The largest absolute Gasteiger partial charge is 0.452 e. The van der Waals surface area contributed by atoms with Crippen molar-refractivity contribution >= 4 is 52.3 Å². The molecule has 2 N–H and O–H groups in total. The number of anilines is 4. The molecule has 1 aliphatic rings. The van der Waals surface area contributed by atoms with Crippen LogP contribution >= 0.6 is 11.8 Å². The predicted molar refractivity (Wildman–Crippen MR) is 135 cm³/mol. The minimum atomic E-state index is -2.51. The van der Waals surface area contributed by atoms with Gasteiger partial charge in [0.1, 0.15) is 5.54 Å². The van der Waals surface area contributed by atoms with E-state index in [1.165, 1.54) is 4.90 Å². The molecule has 36 heavy (non-hydrogen) atoms. The first kappa shape index (κ1) is 25.2. The fraction of sp³-hybridized carbons (Fsp3) is 0.192. The number of halogens is 2. The third-order valence-corrected chi connectivity index (χ3v) is 6.31. The third-order valence-electron chi connectivity index (χ3n) is 5.59. The van der Waals surface area contributed by atoms with Crippen LogP contribution in [0.1, 0.15) is 24.2 Å². The van der Waals surface area contributed by atoms with Crippen molar-refractivity contribution in [2.45, 2.75) is 30.0 Å². The summed E-state index contributed by atoms with van der Waals surface area (Å²) in [6, 6.07) is 19.8. The summed E-state index contributed by atoms with van der Waals surface area (Å²) in [5.74, 6) is -4.15. The van der Waals surface area contributed by atoms with Gasteiger partial charge in [-0.15, -0.1) is 0 Å². The minimum absolute atomic E-state index is 0.187. The molecule has 0 saturated heterocycles. The number of alkyl halides is 2. The maximum atomic E-state index is 13.1. The van der Waals surface area contributed by atoms with E-state index in [4.69, 9.17) is 4.74 Å². The van der Waals surface area contributed by atoms with E-state index in [-0.39, 0.29) is 11.5 Å². The molecule has 186 valence electrons. The van der Waals surface area contributed by atoms with Gasteiger partial charge in [0.2, 0.25) is 5.91 Å². The van der Waals surface area contributed by atoms with Crippen molar-refractivity contribution < 1.29 is 27.9 Å². The normalized spacial score (nSPS) is 14.1. The van der Waals surface area contributed by atoms with E-state index in [2.05, 4.69) is 10.6 Å². The number of nitrogens with one attached hydrogen (secondary N) is 2. The Labute approximate surface area is 210 Å². The monoisotopic (exact) mass is 511 g/mol. The number of carbonyl (C=O) groups is 3. The fourth-order valence-electron chi connectivity index (χ4n) is 3.81. The Balaban J connectivity index is 1.47. The number of benzene rings is 3. The first-order chi connectivity index (χ1) is 17.2. The van der Waals surface area contributed by atoms with Crippen molar-refractivity contribution in [3.8, 4) is 0 Å². The summed E-state index contributed by atoms with van der Waals surface area (Å²) < 4.78 is 30.4. The molecule has 0 atom stereocenters. The minimum Gasteiger partial charge on any atom is -0.452 e. The van der Waals surface area contributed by atoms with Gasteiger partial charge >= 0.3 is 5.97 Å². The molecule has 2 amide bonds. The standard InChI is InChI=1S/C26H23F2N3O4S/c1-26(2)24(34)30-20-9-5-6-10-21(20)31(26)22(32)15-35-23(33)18-7-3-4-8-19(18)29-16-11-13-17(14-12-16)36-25(27)28/h3-14,25,29H,15H2,1-2H3,(H,30,34). The molecule has 0 radical (unpaired) electrons. The Kier molecular flexibility index (Phi) is 7.25. The molecular formula is C26H23F2N3O4S. The van der Waals surface area contributed by atoms with Crippen molar-refractivity contribution in [2.24, 2.45) is 0 Å². The lowest BCUT2D eigenvalue weighted by Crippen LogP contribution is -2.59. The molecule has 1 aliphatic heterocycles. The molecular weight excluding hydrogens is 488 g/mol. The van der Waals surface area contributed by atoms with Gasteiger partial charge in [-0.05, 0) is 62.4 Å². The van der Waals surface area contributed by atoms with Gasteiger partial charge in [0.15, 0.2) is 6.61 Å². The van der Waals surface area contributed by atoms with Crippen molar-refractivity contribution in [2.75, 3.05) is 22.1 Å². The Morgan fingerprint density at radius 2 is 1.69 bits per heavy atom. The number of nitrogens with zero attached hydrogens (tertiary/aromatic N) is 1. The second-order valence-corrected chi connectivity index (χ2v) is 9.47. The van der Waals surface area contributed by atoms with E-state index in [1.54, 1.807) is 86.6 Å². The summed E-state index contributed by atoms with van der Waals surface area (Å²) >= 11 is 0.442. The number of thioether (sulfide) groups is 1. The smallest absolute Gasteiger partial charge is 0.340 e. The van der Waals surface area contributed by atoms with Crippen LogP contribution < -0.4 is 15.5 Å². The predicted octanol–water partition coefficient (Wildman–Crippen LogP) is 5.67. The van der Waals surface area contributed by atoms with Crippen LogP contribution in [0.2, 0.25) is 0 Å². The molecule has 0 saturated carbocycles. The van der Waals surface area contributed by atoms with Crippen LogP contribution in [-0.4, -0.2) is 35.7 Å². The van der Waals surface area contributed by atoms with Gasteiger partial charge in [-0.1, -0.05) is 36.0 Å². The molecule has 0 aromatic heterocycles. The molecule has 3 aromatic rings. The number of para-hydroxylation sites is 3. The molecule has 3 aromatic carbocycles. The fourth-order valence-corrected chi connectivity index (χ4v) is 4.31. The maximum Gasteiger partial charge on any atom is 0.340 e. The van der Waals surface area contributed by atoms with Gasteiger partial charge < -0.3 is 15.4 Å². The molecule has 4 rings (SSSR count). The number of esters is 1. The lowest BCUT2D eigenvalue weighted by Gasteiger charge is -2.41. The van der Waals surface area contributed by atoms with E-state index < -0.39 is 29.8 Å². The zero-order valence-corrected chi connectivity index (χ0v) is 20.3. The maximum absolute atomic E-state index is 13.1. The molecule has 0 aliphatic carbocycles. The third kappa shape index (κ3) is 5.33. The number of fused-ring (bicyclic) bond motifs is 1. The van der Waals surface area contributed by atoms with Gasteiger partial charge in [-0.2, -0.15) is 8.78 Å². The van der Waals surface area contributed by atoms with Crippen LogP contribution in [0, 0.1) is 0 Å². The molecule has 0 unspecified atom stereocenters. The summed E-state index contributed by atoms with van der Waals surface area (Å²) in [6.45, 7) is 2.66. The SMILES string of the molecule is CC1(C)C(=O)Nc2ccccc2N1C(=O)COC(=O)c1ccccc1Nc1ccc(SC(F)F)cc1. The Morgan fingerprint density at radius 3 is 2.42 bits per heavy atom. The summed E-state index contributed by atoms with van der Waals surface area (Å²) in [5, 5.41) is 5.85. The van der Waals surface area contributed by atoms with Crippen LogP contribution in [0.3, 0.4) is 0 Å². The average molecular weight is 512 g/mol. The van der Waals surface area contributed by atoms with Crippen molar-refractivity contribution in [1.29, 1.82) is 0 Å². The molecule has 0 fully saturated rings. The van der Waals surface area contributed by atoms with Crippen molar-refractivity contribution in [3.63, 3.8) is 0 Å². The van der Waals surface area contributed by atoms with Gasteiger partial charge in [-0.3, -0.25) is 14.5 Å². The number of ether oxygens (including phenoxy) is 1. The number of rotatable bonds is 7. The van der Waals surface area contributed by atoms with Crippen LogP contribution in [0.15, 0.2) is 77.7 Å². The highest BCUT2D eigenvalue weighted by Gasteiger charge is 2.43. The van der Waals surface area contributed by atoms with E-state index >= 15 is 0 Å². The lowest BCUT2D eigenvalue weighted by atomic mass is 9.96. The average Bonchev–Trinajstić information content (AvgIpc) is 2.84. The highest BCUT2D eigenvalue weighted by atomic mass is 32.2. The molecule has 1 heterocycles. The quantitative estimate of drug-likeness (QED) is 0.314. The van der Waals surface area contributed by atoms with Crippen LogP contribution in [0.25, 0.3) is 0 Å². The summed E-state index contributed by atoms with van der Waals surface area (Å²) in [7, 11) is 0. The Morgan fingerprint density at radius 1 is 1.03 bits per heavy atom. The second-order valence-electron chi connectivity index (χ2n) is 8.41. The van der Waals surface area contributed by atoms with E-state index in [1.807, 2.05) is 0 Å². The van der Waals surface area contributed by atoms with Crippen LogP contribution in [0.5, 0.6) is 0 Å². The first-order valence-corrected chi connectivity index (χ1v) is 11.9. The number of amides is 2. The van der Waals surface area contributed by atoms with E-state index in [9.17, 15) is 23.2 Å². The van der Waals surface area contributed by atoms with Crippen LogP contribution in [-0.2, 0) is 14.3 Å². The zero-order valence-electron chi connectivity index (χ0n) is 19.5. The summed E-state index contributed by atoms with van der Waals surface area (Å²) in [5.41, 5.74) is 1.02. The molecule has 0 bridgehead atoms. The number of hydrogen-bond donors (Lipinski definition) is 2. The van der Waals surface area contributed by atoms with Crippen LogP contribution in [0.4, 0.5) is 31.5 Å². The van der Waals surface area contributed by atoms with Gasteiger partial charge in [-0.25, -0.2) is 4.79 Å². The summed E-state index contributed by atoms with van der Waals surface area (Å²) in [6.07, 6.45) is 0. The molecule has 0 spiro atoms. The van der Waals surface area contributed by atoms with Gasteiger partial charge in [0.05, 0.1) is 22.6 Å². The number of carbonyl (C=O) groups excluding carboxylic acids is 3. The van der Waals surface area contributed by atoms with E-state index in [0.29, 0.717) is 39.4 Å². The lowest BCUT2D eigenvalue weighted by molar-refractivity contribution is -0.128. The topological polar surface area (TPSA) is 87.7 Å². The first-order valence-electron chi connectivity index (χ1n) is 11.0. The second kappa shape index (κ2) is 10.4. The summed E-state index contributed by atoms with van der Waals surface area (Å²) in [4.78, 5) is 40.4. The highest BCUT2D eigenvalue weighted by Crippen LogP contribution is 2.36. The Hall–Kier alpha value is -3.92. The number of hydrogen-bond acceptors (Lipinski definition) is 6. The van der Waals surface area contributed by atoms with Gasteiger partial charge in [0.25, 0.3) is 11.7 Å². The molecule has 10 heteroatoms.